The van der Waals surface area contributed by atoms with Crippen LogP contribution < -0.4 is 0 Å². The number of aliphatic hydroxyl groups excluding tert-OH is 1. The summed E-state index contributed by atoms with van der Waals surface area (Å²) < 4.78 is 0. The molecule has 100 valence electrons. The molecule has 1 N–H and O–H groups in total. The SMILES string of the molecule is CC1CCCCN1C(=O)CN(C)C(C)(C)CO. The minimum Gasteiger partial charge on any atom is -0.394 e. The van der Waals surface area contributed by atoms with Crippen molar-refractivity contribution in [3.63, 3.8) is 0 Å². The predicted molar refractivity (Wildman–Crippen MR) is 68.8 cm³/mol. The molecule has 1 saturated heterocycles. The van der Waals surface area contributed by atoms with Crippen molar-refractivity contribution in [3.8, 4) is 0 Å². The topological polar surface area (TPSA) is 43.8 Å². The number of amides is 1. The predicted octanol–water partition coefficient (Wildman–Crippen LogP) is 1.09. The molecule has 4 nitrogen and oxygen atoms in total. The Morgan fingerprint density at radius 3 is 2.65 bits per heavy atom. The number of rotatable bonds is 4. The van der Waals surface area contributed by atoms with Gasteiger partial charge in [0.25, 0.3) is 0 Å². The van der Waals surface area contributed by atoms with E-state index in [0.717, 1.165) is 19.4 Å². The third-order valence-electron chi connectivity index (χ3n) is 3.92. The first-order chi connectivity index (χ1) is 7.88. The number of likely N-dealkylation sites (tertiary alicyclic amines) is 1. The van der Waals surface area contributed by atoms with Crippen molar-refractivity contribution in [2.75, 3.05) is 26.7 Å². The monoisotopic (exact) mass is 242 g/mol. The fraction of sp³-hybridized carbons (Fsp3) is 0.923. The summed E-state index contributed by atoms with van der Waals surface area (Å²) in [5.74, 6) is 0.182. The van der Waals surface area contributed by atoms with Crippen LogP contribution in [0.4, 0.5) is 0 Å². The maximum Gasteiger partial charge on any atom is 0.236 e. The number of likely N-dealkylation sites (N-methyl/N-ethyl adjacent to an activating group) is 1. The fourth-order valence-corrected chi connectivity index (χ4v) is 2.10. The van der Waals surface area contributed by atoms with Crippen LogP contribution in [0.2, 0.25) is 0 Å². The Morgan fingerprint density at radius 1 is 1.47 bits per heavy atom. The van der Waals surface area contributed by atoms with Crippen molar-refractivity contribution in [1.82, 2.24) is 9.80 Å². The Labute approximate surface area is 105 Å². The van der Waals surface area contributed by atoms with Gasteiger partial charge in [-0.1, -0.05) is 0 Å². The largest absolute Gasteiger partial charge is 0.394 e. The van der Waals surface area contributed by atoms with E-state index >= 15 is 0 Å². The number of carbonyl (C=O) groups is 1. The van der Waals surface area contributed by atoms with E-state index in [9.17, 15) is 9.90 Å². The highest BCUT2D eigenvalue weighted by Crippen LogP contribution is 2.18. The van der Waals surface area contributed by atoms with Crippen molar-refractivity contribution >= 4 is 5.91 Å². The average molecular weight is 242 g/mol. The van der Waals surface area contributed by atoms with Crippen molar-refractivity contribution < 1.29 is 9.90 Å². The van der Waals surface area contributed by atoms with Crippen LogP contribution in [0.5, 0.6) is 0 Å². The highest BCUT2D eigenvalue weighted by molar-refractivity contribution is 5.78. The van der Waals surface area contributed by atoms with Gasteiger partial charge in [0.2, 0.25) is 5.91 Å². The molecule has 1 aliphatic heterocycles. The van der Waals surface area contributed by atoms with Crippen LogP contribution in [0.25, 0.3) is 0 Å². The molecule has 0 saturated carbocycles. The number of carbonyl (C=O) groups excluding carboxylic acids is 1. The lowest BCUT2D eigenvalue weighted by Crippen LogP contribution is -2.52. The maximum absolute atomic E-state index is 12.2. The van der Waals surface area contributed by atoms with Gasteiger partial charge in [-0.15, -0.1) is 0 Å². The Bertz CT molecular complexity index is 266. The van der Waals surface area contributed by atoms with Crippen LogP contribution in [-0.2, 0) is 4.79 Å². The first-order valence-electron chi connectivity index (χ1n) is 6.50. The van der Waals surface area contributed by atoms with Gasteiger partial charge < -0.3 is 10.0 Å². The normalized spacial score (nSPS) is 22.0. The second kappa shape index (κ2) is 5.83. The van der Waals surface area contributed by atoms with Crippen LogP contribution in [0, 0.1) is 0 Å². The molecule has 1 fully saturated rings. The lowest BCUT2D eigenvalue weighted by Gasteiger charge is -2.38. The molecule has 1 heterocycles. The highest BCUT2D eigenvalue weighted by Gasteiger charge is 2.28. The minimum absolute atomic E-state index is 0.0618. The third kappa shape index (κ3) is 3.68. The van der Waals surface area contributed by atoms with Crippen LogP contribution in [0.1, 0.15) is 40.0 Å². The zero-order valence-corrected chi connectivity index (χ0v) is 11.6. The Balaban J connectivity index is 2.53. The number of aliphatic hydroxyl groups is 1. The van der Waals surface area contributed by atoms with Crippen molar-refractivity contribution in [2.24, 2.45) is 0 Å². The van der Waals surface area contributed by atoms with E-state index in [0.29, 0.717) is 12.6 Å². The molecule has 1 atom stereocenters. The molecule has 0 aromatic carbocycles. The van der Waals surface area contributed by atoms with Crippen molar-refractivity contribution in [3.05, 3.63) is 0 Å². The van der Waals surface area contributed by atoms with Crippen LogP contribution in [0.15, 0.2) is 0 Å². The lowest BCUT2D eigenvalue weighted by atomic mass is 10.0. The summed E-state index contributed by atoms with van der Waals surface area (Å²) in [4.78, 5) is 16.1. The molecule has 1 rings (SSSR count). The van der Waals surface area contributed by atoms with E-state index in [4.69, 9.17) is 0 Å². The number of piperidine rings is 1. The smallest absolute Gasteiger partial charge is 0.236 e. The molecule has 0 aliphatic carbocycles. The van der Waals surface area contributed by atoms with E-state index in [1.807, 2.05) is 30.7 Å². The minimum atomic E-state index is -0.339. The van der Waals surface area contributed by atoms with E-state index in [2.05, 4.69) is 6.92 Å². The van der Waals surface area contributed by atoms with E-state index in [-0.39, 0.29) is 18.1 Å². The first-order valence-corrected chi connectivity index (χ1v) is 6.50. The second-order valence-corrected chi connectivity index (χ2v) is 5.76. The molecular weight excluding hydrogens is 216 g/mol. The van der Waals surface area contributed by atoms with Gasteiger partial charge >= 0.3 is 0 Å². The molecule has 1 aliphatic rings. The van der Waals surface area contributed by atoms with Gasteiger partial charge in [-0.05, 0) is 47.1 Å². The van der Waals surface area contributed by atoms with Gasteiger partial charge in [-0.25, -0.2) is 0 Å². The van der Waals surface area contributed by atoms with Crippen LogP contribution in [0.3, 0.4) is 0 Å². The summed E-state index contributed by atoms with van der Waals surface area (Å²) in [6.45, 7) is 7.34. The quantitative estimate of drug-likeness (QED) is 0.802. The van der Waals surface area contributed by atoms with E-state index < -0.39 is 0 Å². The summed E-state index contributed by atoms with van der Waals surface area (Å²) in [7, 11) is 1.89. The van der Waals surface area contributed by atoms with Crippen molar-refractivity contribution in [2.45, 2.75) is 51.6 Å². The number of hydrogen-bond acceptors (Lipinski definition) is 3. The number of nitrogens with zero attached hydrogens (tertiary/aromatic N) is 2. The summed E-state index contributed by atoms with van der Waals surface area (Å²) in [6.07, 6.45) is 3.45. The Hall–Kier alpha value is -0.610. The molecule has 1 unspecified atom stereocenters. The molecule has 0 spiro atoms. The molecule has 0 aromatic rings. The number of hydrogen-bond donors (Lipinski definition) is 1. The molecule has 17 heavy (non-hydrogen) atoms. The van der Waals surface area contributed by atoms with Crippen LogP contribution in [-0.4, -0.2) is 59.1 Å². The highest BCUT2D eigenvalue weighted by atomic mass is 16.3. The first kappa shape index (κ1) is 14.5. The van der Waals surface area contributed by atoms with Gasteiger partial charge in [0, 0.05) is 18.1 Å². The van der Waals surface area contributed by atoms with Crippen molar-refractivity contribution in [1.29, 1.82) is 0 Å². The molecule has 1 amide bonds. The molecule has 0 bridgehead atoms. The molecule has 0 aromatic heterocycles. The zero-order valence-electron chi connectivity index (χ0n) is 11.6. The second-order valence-electron chi connectivity index (χ2n) is 5.76. The van der Waals surface area contributed by atoms with E-state index in [1.54, 1.807) is 0 Å². The summed E-state index contributed by atoms with van der Waals surface area (Å²) in [6, 6.07) is 0.363. The zero-order chi connectivity index (χ0) is 13.1. The summed E-state index contributed by atoms with van der Waals surface area (Å²) >= 11 is 0. The van der Waals surface area contributed by atoms with Crippen LogP contribution >= 0.6 is 0 Å². The van der Waals surface area contributed by atoms with E-state index in [1.165, 1.54) is 6.42 Å². The fourth-order valence-electron chi connectivity index (χ4n) is 2.10. The summed E-state index contributed by atoms with van der Waals surface area (Å²) in [5, 5.41) is 9.27. The summed E-state index contributed by atoms with van der Waals surface area (Å²) in [5.41, 5.74) is -0.339. The van der Waals surface area contributed by atoms with Gasteiger partial charge in [0.15, 0.2) is 0 Å². The van der Waals surface area contributed by atoms with Gasteiger partial charge in [-0.3, -0.25) is 9.69 Å². The Morgan fingerprint density at radius 2 is 2.12 bits per heavy atom. The molecular formula is C13H26N2O2. The lowest BCUT2D eigenvalue weighted by molar-refractivity contribution is -0.136. The molecule has 0 radical (unpaired) electrons. The average Bonchev–Trinajstić information content (AvgIpc) is 2.29. The maximum atomic E-state index is 12.2. The third-order valence-corrected chi connectivity index (χ3v) is 3.92. The standard InChI is InChI=1S/C13H26N2O2/c1-11-7-5-6-8-15(11)12(17)9-14(4)13(2,3)10-16/h11,16H,5-10H2,1-4H3. The van der Waals surface area contributed by atoms with Gasteiger partial charge in [-0.2, -0.15) is 0 Å². The van der Waals surface area contributed by atoms with Gasteiger partial charge in [0.1, 0.15) is 0 Å². The van der Waals surface area contributed by atoms with Gasteiger partial charge in [0.05, 0.1) is 13.2 Å². The molecule has 4 heteroatoms. The Kier molecular flexibility index (Phi) is 4.95.